The van der Waals surface area contributed by atoms with E-state index in [9.17, 15) is 4.39 Å². The Morgan fingerprint density at radius 1 is 1.35 bits per heavy atom. The number of hydrogen-bond donors (Lipinski definition) is 1. The Balaban J connectivity index is 1.98. The lowest BCUT2D eigenvalue weighted by molar-refractivity contribution is 0.610. The van der Waals surface area contributed by atoms with Crippen LogP contribution in [0.15, 0.2) is 24.3 Å². The lowest BCUT2D eigenvalue weighted by Crippen LogP contribution is -2.03. The van der Waals surface area contributed by atoms with Crippen LogP contribution in [-0.4, -0.2) is 0 Å². The fourth-order valence-electron chi connectivity index (χ4n) is 2.26. The van der Waals surface area contributed by atoms with Gasteiger partial charge in [-0.05, 0) is 30.7 Å². The summed E-state index contributed by atoms with van der Waals surface area (Å²) in [6.07, 6.45) is 0.694. The number of hydrogen-bond acceptors (Lipinski definition) is 2. The molecule has 2 aromatic rings. The molecule has 4 heteroatoms. The third-order valence-electron chi connectivity index (χ3n) is 3.13. The zero-order chi connectivity index (χ0) is 12.0. The summed E-state index contributed by atoms with van der Waals surface area (Å²) < 4.78 is 14.5. The summed E-state index contributed by atoms with van der Waals surface area (Å²) in [5.41, 5.74) is 2.82. The van der Waals surface area contributed by atoms with Gasteiger partial charge in [-0.15, -0.1) is 11.3 Å². The minimum atomic E-state index is -0.122. The highest BCUT2D eigenvalue weighted by atomic mass is 35.5. The number of aryl methyl sites for hydroxylation is 1. The Kier molecular flexibility index (Phi) is 2.60. The van der Waals surface area contributed by atoms with Crippen molar-refractivity contribution in [1.82, 2.24) is 0 Å². The first kappa shape index (κ1) is 11.1. The lowest BCUT2D eigenvalue weighted by atomic mass is 10.1. The van der Waals surface area contributed by atoms with E-state index in [2.05, 4.69) is 5.32 Å². The molecule has 0 aliphatic carbocycles. The quantitative estimate of drug-likeness (QED) is 0.799. The van der Waals surface area contributed by atoms with Gasteiger partial charge in [-0.3, -0.25) is 0 Å². The van der Waals surface area contributed by atoms with Crippen molar-refractivity contribution in [3.8, 4) is 0 Å². The van der Waals surface area contributed by atoms with Gasteiger partial charge in [0.1, 0.15) is 5.82 Å². The average Bonchev–Trinajstić information content (AvgIpc) is 2.90. The third-order valence-corrected chi connectivity index (χ3v) is 4.47. The van der Waals surface area contributed by atoms with Gasteiger partial charge in [0.15, 0.2) is 0 Å². The molecule has 1 aliphatic rings. The SMILES string of the molecule is Cc1ccc(F)c2c1NC(c1ccc(Cl)s1)C2. The highest BCUT2D eigenvalue weighted by molar-refractivity contribution is 7.16. The van der Waals surface area contributed by atoms with Crippen LogP contribution in [0.1, 0.15) is 22.0 Å². The van der Waals surface area contributed by atoms with Gasteiger partial charge in [0.2, 0.25) is 0 Å². The van der Waals surface area contributed by atoms with E-state index >= 15 is 0 Å². The molecule has 0 spiro atoms. The molecule has 1 atom stereocenters. The molecule has 1 aliphatic heterocycles. The third kappa shape index (κ3) is 1.83. The zero-order valence-electron chi connectivity index (χ0n) is 9.26. The van der Waals surface area contributed by atoms with Crippen molar-refractivity contribution in [1.29, 1.82) is 0 Å². The van der Waals surface area contributed by atoms with Crippen LogP contribution in [0.4, 0.5) is 10.1 Å². The Labute approximate surface area is 108 Å². The predicted octanol–water partition coefficient (Wildman–Crippen LogP) is 4.56. The topological polar surface area (TPSA) is 12.0 Å². The lowest BCUT2D eigenvalue weighted by Gasteiger charge is -2.09. The van der Waals surface area contributed by atoms with E-state index in [1.54, 1.807) is 17.4 Å². The fraction of sp³-hybridized carbons (Fsp3) is 0.231. The molecule has 88 valence electrons. The molecule has 1 unspecified atom stereocenters. The van der Waals surface area contributed by atoms with Gasteiger partial charge >= 0.3 is 0 Å². The zero-order valence-corrected chi connectivity index (χ0v) is 10.8. The van der Waals surface area contributed by atoms with Gasteiger partial charge in [-0.1, -0.05) is 17.7 Å². The maximum Gasteiger partial charge on any atom is 0.128 e. The van der Waals surface area contributed by atoms with Gasteiger partial charge in [-0.25, -0.2) is 4.39 Å². The first-order valence-electron chi connectivity index (χ1n) is 5.45. The monoisotopic (exact) mass is 267 g/mol. The Morgan fingerprint density at radius 3 is 2.82 bits per heavy atom. The van der Waals surface area contributed by atoms with E-state index in [4.69, 9.17) is 11.6 Å². The molecular formula is C13H11ClFNS. The largest absolute Gasteiger partial charge is 0.377 e. The van der Waals surface area contributed by atoms with E-state index in [0.29, 0.717) is 6.42 Å². The summed E-state index contributed by atoms with van der Waals surface area (Å²) >= 11 is 7.48. The number of rotatable bonds is 1. The average molecular weight is 268 g/mol. The number of halogens is 2. The summed E-state index contributed by atoms with van der Waals surface area (Å²) in [5, 5.41) is 3.38. The maximum atomic E-state index is 13.7. The molecule has 0 fully saturated rings. The van der Waals surface area contributed by atoms with Gasteiger partial charge in [-0.2, -0.15) is 0 Å². The van der Waals surface area contributed by atoms with Crippen LogP contribution in [0.5, 0.6) is 0 Å². The van der Waals surface area contributed by atoms with Crippen LogP contribution in [0.2, 0.25) is 4.34 Å². The van der Waals surface area contributed by atoms with Gasteiger partial charge < -0.3 is 5.32 Å². The van der Waals surface area contributed by atoms with Crippen molar-refractivity contribution in [2.75, 3.05) is 5.32 Å². The van der Waals surface area contributed by atoms with Gasteiger partial charge in [0.25, 0.3) is 0 Å². The number of thiophene rings is 1. The van der Waals surface area contributed by atoms with Crippen LogP contribution in [0.25, 0.3) is 0 Å². The Hall–Kier alpha value is -1.06. The smallest absolute Gasteiger partial charge is 0.128 e. The van der Waals surface area contributed by atoms with Crippen LogP contribution in [0, 0.1) is 12.7 Å². The van der Waals surface area contributed by atoms with Crippen molar-refractivity contribution in [3.05, 3.63) is 50.4 Å². The van der Waals surface area contributed by atoms with Crippen molar-refractivity contribution < 1.29 is 4.39 Å². The summed E-state index contributed by atoms with van der Waals surface area (Å²) in [6.45, 7) is 2.00. The van der Waals surface area contributed by atoms with Gasteiger partial charge in [0, 0.05) is 22.5 Å². The van der Waals surface area contributed by atoms with Crippen molar-refractivity contribution >= 4 is 28.6 Å². The second kappa shape index (κ2) is 4.00. The van der Waals surface area contributed by atoms with Crippen LogP contribution < -0.4 is 5.32 Å². The summed E-state index contributed by atoms with van der Waals surface area (Å²) in [6, 6.07) is 7.39. The maximum absolute atomic E-state index is 13.7. The Bertz CT molecular complexity index is 548. The normalized spacial score (nSPS) is 17.9. The molecule has 1 N–H and O–H groups in total. The van der Waals surface area contributed by atoms with Crippen LogP contribution in [-0.2, 0) is 6.42 Å². The summed E-state index contributed by atoms with van der Waals surface area (Å²) in [5.74, 6) is -0.122. The van der Waals surface area contributed by atoms with Crippen molar-refractivity contribution in [2.45, 2.75) is 19.4 Å². The molecule has 3 rings (SSSR count). The van der Waals surface area contributed by atoms with Crippen LogP contribution >= 0.6 is 22.9 Å². The second-order valence-electron chi connectivity index (χ2n) is 4.26. The predicted molar refractivity (Wildman–Crippen MR) is 70.5 cm³/mol. The molecule has 2 heterocycles. The molecule has 0 bridgehead atoms. The minimum Gasteiger partial charge on any atom is -0.377 e. The van der Waals surface area contributed by atoms with Gasteiger partial charge in [0.05, 0.1) is 10.4 Å². The molecule has 0 radical (unpaired) electrons. The molecule has 0 saturated carbocycles. The molecule has 0 amide bonds. The van der Waals surface area contributed by atoms with Crippen LogP contribution in [0.3, 0.4) is 0 Å². The first-order valence-corrected chi connectivity index (χ1v) is 6.64. The van der Waals surface area contributed by atoms with Crippen molar-refractivity contribution in [2.24, 2.45) is 0 Å². The highest BCUT2D eigenvalue weighted by Crippen LogP contribution is 2.40. The molecule has 1 aromatic carbocycles. The van der Waals surface area contributed by atoms with E-state index < -0.39 is 0 Å². The molecule has 17 heavy (non-hydrogen) atoms. The van der Waals surface area contributed by atoms with E-state index in [1.807, 2.05) is 25.1 Å². The highest BCUT2D eigenvalue weighted by Gasteiger charge is 2.26. The number of fused-ring (bicyclic) bond motifs is 1. The minimum absolute atomic E-state index is 0.122. The summed E-state index contributed by atoms with van der Waals surface area (Å²) in [7, 11) is 0. The number of benzene rings is 1. The molecule has 0 saturated heterocycles. The number of anilines is 1. The van der Waals surface area contributed by atoms with E-state index in [-0.39, 0.29) is 11.9 Å². The Morgan fingerprint density at radius 2 is 2.18 bits per heavy atom. The van der Waals surface area contributed by atoms with E-state index in [0.717, 1.165) is 26.0 Å². The standard InChI is InChI=1S/C13H11ClFNS/c1-7-2-3-9(15)8-6-10(16-13(7)8)11-4-5-12(14)17-11/h2-5,10,16H,6H2,1H3. The number of nitrogens with one attached hydrogen (secondary N) is 1. The second-order valence-corrected chi connectivity index (χ2v) is 6.01. The van der Waals surface area contributed by atoms with E-state index in [1.165, 1.54) is 0 Å². The molecule has 1 aromatic heterocycles. The summed E-state index contributed by atoms with van der Waals surface area (Å²) in [4.78, 5) is 1.16. The first-order chi connectivity index (χ1) is 8.15. The molecule has 1 nitrogen and oxygen atoms in total. The van der Waals surface area contributed by atoms with Crippen molar-refractivity contribution in [3.63, 3.8) is 0 Å². The molecular weight excluding hydrogens is 257 g/mol. The fourth-order valence-corrected chi connectivity index (χ4v) is 3.37.